The first kappa shape index (κ1) is 8.94. The van der Waals surface area contributed by atoms with Crippen molar-refractivity contribution < 1.29 is 27.0 Å². The molecule has 28 valence electrons. The Labute approximate surface area is 42.3 Å². The van der Waals surface area contributed by atoms with Gasteiger partial charge >= 0.3 is 33.7 Å². The average Bonchev–Trinajstić information content (AvgIpc) is 0.918. The van der Waals surface area contributed by atoms with Gasteiger partial charge in [0, 0.05) is 0 Å². The van der Waals surface area contributed by atoms with Crippen LogP contribution in [0.5, 0.6) is 0 Å². The van der Waals surface area contributed by atoms with Gasteiger partial charge in [0.15, 0.2) is 0 Å². The van der Waals surface area contributed by atoms with E-state index < -0.39 is 0 Å². The second-order valence-corrected chi connectivity index (χ2v) is 2.00. The summed E-state index contributed by atoms with van der Waals surface area (Å²) in [5.41, 5.74) is 0. The summed E-state index contributed by atoms with van der Waals surface area (Å²) in [6.45, 7) is 1.98. The molecule has 0 saturated carbocycles. The molecule has 4 heavy (non-hydrogen) atoms. The van der Waals surface area contributed by atoms with E-state index in [2.05, 4.69) is 14.2 Å². The Morgan fingerprint density at radius 1 is 1.75 bits per heavy atom. The van der Waals surface area contributed by atoms with Crippen LogP contribution in [0.15, 0.2) is 0 Å². The van der Waals surface area contributed by atoms with Crippen molar-refractivity contribution in [2.24, 2.45) is 0 Å². The molecule has 4 heteroatoms. The van der Waals surface area contributed by atoms with Gasteiger partial charge in [0.1, 0.15) is 0 Å². The molecule has 0 unspecified atom stereocenters. The molecule has 0 fully saturated rings. The molecule has 0 N–H and O–H groups in total. The SMILES string of the molecule is B.[BH2][Co][Fe]. The monoisotopic (exact) mass is 142 g/mol. The molecule has 0 heterocycles. The third kappa shape index (κ3) is 11.0. The van der Waals surface area contributed by atoms with Gasteiger partial charge in [0.05, 0.1) is 8.41 Å². The first-order chi connectivity index (χ1) is 1.41. The molecule has 0 aromatic heterocycles. The van der Waals surface area contributed by atoms with Crippen LogP contribution in [0.3, 0.4) is 0 Å². The Bertz CT molecular complexity index is 6.00. The van der Waals surface area contributed by atoms with Crippen molar-refractivity contribution in [1.82, 2.24) is 0 Å². The third-order valence-corrected chi connectivity index (χ3v) is 0. The van der Waals surface area contributed by atoms with Gasteiger partial charge in [-0.25, -0.2) is 0 Å². The Balaban J connectivity index is 0. The zero-order valence-electron chi connectivity index (χ0n) is 1.69. The van der Waals surface area contributed by atoms with Gasteiger partial charge in [-0.1, -0.05) is 0 Å². The summed E-state index contributed by atoms with van der Waals surface area (Å²) in [5, 5.41) is 0. The molecule has 0 aliphatic rings. The van der Waals surface area contributed by atoms with Crippen molar-refractivity contribution in [2.75, 3.05) is 0 Å². The van der Waals surface area contributed by atoms with Crippen molar-refractivity contribution in [3.63, 3.8) is 0 Å². The average molecular weight is 141 g/mol. The zero-order chi connectivity index (χ0) is 2.71. The van der Waals surface area contributed by atoms with Crippen LogP contribution >= 0.6 is 0 Å². The molecule has 0 nitrogen and oxygen atoms in total. The summed E-state index contributed by atoms with van der Waals surface area (Å²) in [6, 6.07) is 0. The van der Waals surface area contributed by atoms with Gasteiger partial charge in [-0.2, -0.15) is 0 Å². The zero-order valence-corrected chi connectivity index (χ0v) is 3.83. The fourth-order valence-electron chi connectivity index (χ4n) is 0. The molecule has 0 amide bonds. The van der Waals surface area contributed by atoms with Gasteiger partial charge in [0.25, 0.3) is 0 Å². The standard InChI is InChI=1S/BH3.BH2.Co.Fe/h1H3;1H2;;/q;+1;-1;. The van der Waals surface area contributed by atoms with E-state index in [1.807, 2.05) is 6.70 Å². The topological polar surface area (TPSA) is 0 Å². The molecular weight excluding hydrogens is 136 g/mol. The summed E-state index contributed by atoms with van der Waals surface area (Å²) in [6.07, 6.45) is 0. The van der Waals surface area contributed by atoms with Crippen LogP contribution in [0.2, 0.25) is 0 Å². The molecule has 0 aliphatic carbocycles. The normalized spacial score (nSPS) is 5.25. The van der Waals surface area contributed by atoms with Crippen LogP contribution in [-0.2, 0) is 27.0 Å². The van der Waals surface area contributed by atoms with Crippen LogP contribution in [-0.4, -0.2) is 15.1 Å². The Morgan fingerprint density at radius 3 is 1.75 bits per heavy atom. The quantitative estimate of drug-likeness (QED) is 0.339. The second-order valence-electron chi connectivity index (χ2n) is 0.118. The van der Waals surface area contributed by atoms with Crippen molar-refractivity contribution in [1.29, 1.82) is 0 Å². The summed E-state index contributed by atoms with van der Waals surface area (Å²) in [4.78, 5) is 0. The van der Waals surface area contributed by atoms with Gasteiger partial charge < -0.3 is 0 Å². The Hall–Kier alpha value is 1.16. The number of hydrogen-bond donors (Lipinski definition) is 0. The van der Waals surface area contributed by atoms with Crippen LogP contribution < -0.4 is 0 Å². The predicted molar refractivity (Wildman–Crippen MR) is 18.5 cm³/mol. The molecule has 0 spiro atoms. The minimum atomic E-state index is 0. The van der Waals surface area contributed by atoms with Crippen LogP contribution in [0, 0.1) is 0 Å². The second kappa shape index (κ2) is 8.91. The van der Waals surface area contributed by atoms with Crippen molar-refractivity contribution in [2.45, 2.75) is 0 Å². The maximum absolute atomic E-state index is 3.45. The first-order valence-corrected chi connectivity index (χ1v) is 3.38. The minimum absolute atomic E-state index is 0. The molecule has 0 bridgehead atoms. The van der Waals surface area contributed by atoms with Gasteiger partial charge in [-0.05, 0) is 0 Å². The van der Waals surface area contributed by atoms with E-state index in [4.69, 9.17) is 0 Å². The summed E-state index contributed by atoms with van der Waals surface area (Å²) < 4.78 is 0. The van der Waals surface area contributed by atoms with E-state index in [9.17, 15) is 0 Å². The molecule has 0 aliphatic heterocycles. The van der Waals surface area contributed by atoms with E-state index in [0.29, 0.717) is 0 Å². The molecule has 0 aromatic rings. The number of rotatable bonds is 0. The maximum atomic E-state index is 3.45. The van der Waals surface area contributed by atoms with E-state index in [-0.39, 0.29) is 8.41 Å². The van der Waals surface area contributed by atoms with Gasteiger partial charge in [0.2, 0.25) is 0 Å². The Morgan fingerprint density at radius 2 is 1.75 bits per heavy atom. The molecular formula is H5B2CoFe. The summed E-state index contributed by atoms with van der Waals surface area (Å²) >= 11 is 4.64. The van der Waals surface area contributed by atoms with Gasteiger partial charge in [-0.15, -0.1) is 0 Å². The van der Waals surface area contributed by atoms with Crippen molar-refractivity contribution >= 4 is 15.1 Å². The van der Waals surface area contributed by atoms with Crippen molar-refractivity contribution in [3.05, 3.63) is 0 Å². The fraction of sp³-hybridized carbons (Fsp3) is 0. The van der Waals surface area contributed by atoms with Crippen molar-refractivity contribution in [3.8, 4) is 0 Å². The first-order valence-electron chi connectivity index (χ1n) is 0.451. The molecule has 0 saturated heterocycles. The van der Waals surface area contributed by atoms with Crippen LogP contribution in [0.4, 0.5) is 0 Å². The number of hydrogen-bond acceptors (Lipinski definition) is 0. The Kier molecular flexibility index (Phi) is 19.9. The summed E-state index contributed by atoms with van der Waals surface area (Å²) in [5.74, 6) is 0. The van der Waals surface area contributed by atoms with E-state index in [1.54, 1.807) is 0 Å². The van der Waals surface area contributed by atoms with Crippen LogP contribution in [0.1, 0.15) is 0 Å². The summed E-state index contributed by atoms with van der Waals surface area (Å²) in [7, 11) is 0. The predicted octanol–water partition coefficient (Wildman–Crippen LogP) is -2.11. The van der Waals surface area contributed by atoms with E-state index in [1.165, 1.54) is 12.7 Å². The molecule has 0 rings (SSSR count). The van der Waals surface area contributed by atoms with Gasteiger partial charge in [-0.3, -0.25) is 0 Å². The van der Waals surface area contributed by atoms with E-state index >= 15 is 0 Å². The molecule has 0 atom stereocenters. The molecule has 0 aromatic carbocycles. The molecule has 0 radical (unpaired) electrons. The fourth-order valence-corrected chi connectivity index (χ4v) is 0. The third-order valence-electron chi connectivity index (χ3n) is 0. The van der Waals surface area contributed by atoms with E-state index in [0.717, 1.165) is 0 Å². The van der Waals surface area contributed by atoms with Crippen LogP contribution in [0.25, 0.3) is 0 Å².